The highest BCUT2D eigenvalue weighted by Crippen LogP contribution is 2.29. The summed E-state index contributed by atoms with van der Waals surface area (Å²) >= 11 is 9.65. The van der Waals surface area contributed by atoms with Gasteiger partial charge in [0, 0.05) is 10.2 Å². The van der Waals surface area contributed by atoms with Gasteiger partial charge in [-0.2, -0.15) is 5.10 Å². The summed E-state index contributed by atoms with van der Waals surface area (Å²) in [5.41, 5.74) is 10.3. The molecule has 0 aliphatic rings. The zero-order valence-electron chi connectivity index (χ0n) is 9.88. The van der Waals surface area contributed by atoms with Gasteiger partial charge < -0.3 is 5.73 Å². The molecule has 0 saturated heterocycles. The van der Waals surface area contributed by atoms with E-state index in [1.165, 1.54) is 0 Å². The van der Waals surface area contributed by atoms with Gasteiger partial charge in [0.25, 0.3) is 0 Å². The van der Waals surface area contributed by atoms with Gasteiger partial charge in [-0.05, 0) is 54.4 Å². The van der Waals surface area contributed by atoms with Crippen LogP contribution in [0.5, 0.6) is 0 Å². The number of halogens is 2. The number of anilines is 1. The summed E-state index contributed by atoms with van der Waals surface area (Å²) in [7, 11) is 0. The minimum absolute atomic E-state index is 0.700. The molecule has 90 valence electrons. The Hall–Kier alpha value is -1.00. The van der Waals surface area contributed by atoms with Crippen LogP contribution < -0.4 is 5.73 Å². The van der Waals surface area contributed by atoms with E-state index >= 15 is 0 Å². The van der Waals surface area contributed by atoms with Crippen molar-refractivity contribution in [3.63, 3.8) is 0 Å². The molecule has 3 nitrogen and oxygen atoms in total. The SMILES string of the molecule is Cc1cc(-n2nc(C)c(Cl)c2C)c(Br)cc1N. The average Bonchev–Trinajstić information content (AvgIpc) is 2.51. The number of nitrogen functional groups attached to an aromatic ring is 1. The molecule has 0 atom stereocenters. The van der Waals surface area contributed by atoms with E-state index in [2.05, 4.69) is 21.0 Å². The molecule has 1 aromatic heterocycles. The number of hydrogen-bond acceptors (Lipinski definition) is 2. The van der Waals surface area contributed by atoms with Crippen LogP contribution in [0.25, 0.3) is 5.69 Å². The predicted octanol–water partition coefficient (Wildman–Crippen LogP) is 3.80. The van der Waals surface area contributed by atoms with Crippen LogP contribution in [-0.4, -0.2) is 9.78 Å². The molecule has 0 aliphatic heterocycles. The smallest absolute Gasteiger partial charge is 0.0848 e. The van der Waals surface area contributed by atoms with Crippen LogP contribution in [0.1, 0.15) is 17.0 Å². The monoisotopic (exact) mass is 313 g/mol. The summed E-state index contributed by atoms with van der Waals surface area (Å²) in [5, 5.41) is 5.13. The van der Waals surface area contributed by atoms with Crippen molar-refractivity contribution >= 4 is 33.2 Å². The zero-order chi connectivity index (χ0) is 12.7. The summed E-state index contributed by atoms with van der Waals surface area (Å²) in [6.07, 6.45) is 0. The second-order valence-corrected chi connectivity index (χ2v) is 5.29. The first-order chi connectivity index (χ1) is 7.91. The van der Waals surface area contributed by atoms with E-state index in [1.54, 1.807) is 0 Å². The lowest BCUT2D eigenvalue weighted by Crippen LogP contribution is -2.02. The molecule has 0 aliphatic carbocycles. The Balaban J connectivity index is 2.68. The second-order valence-electron chi connectivity index (χ2n) is 4.06. The van der Waals surface area contributed by atoms with Crippen molar-refractivity contribution in [3.05, 3.63) is 38.6 Å². The third-order valence-electron chi connectivity index (χ3n) is 2.77. The Bertz CT molecular complexity index is 590. The Morgan fingerprint density at radius 3 is 2.47 bits per heavy atom. The molecule has 0 bridgehead atoms. The molecule has 2 aromatic rings. The third kappa shape index (κ3) is 2.07. The lowest BCUT2D eigenvalue weighted by atomic mass is 10.2. The van der Waals surface area contributed by atoms with E-state index in [9.17, 15) is 0 Å². The number of aromatic nitrogens is 2. The van der Waals surface area contributed by atoms with Crippen molar-refractivity contribution in [1.29, 1.82) is 0 Å². The van der Waals surface area contributed by atoms with Gasteiger partial charge in [0.15, 0.2) is 0 Å². The molecule has 0 spiro atoms. The number of nitrogens with zero attached hydrogens (tertiary/aromatic N) is 2. The van der Waals surface area contributed by atoms with E-state index in [0.717, 1.165) is 32.8 Å². The highest BCUT2D eigenvalue weighted by atomic mass is 79.9. The van der Waals surface area contributed by atoms with Crippen LogP contribution in [0.3, 0.4) is 0 Å². The minimum atomic E-state index is 0.700. The van der Waals surface area contributed by atoms with Crippen molar-refractivity contribution < 1.29 is 0 Å². The van der Waals surface area contributed by atoms with Crippen LogP contribution in [0, 0.1) is 20.8 Å². The van der Waals surface area contributed by atoms with Crippen molar-refractivity contribution in [1.82, 2.24) is 9.78 Å². The number of aryl methyl sites for hydroxylation is 2. The van der Waals surface area contributed by atoms with Crippen molar-refractivity contribution in [2.45, 2.75) is 20.8 Å². The molecule has 0 radical (unpaired) electrons. The van der Waals surface area contributed by atoms with Crippen LogP contribution in [-0.2, 0) is 0 Å². The average molecular weight is 315 g/mol. The summed E-state index contributed by atoms with van der Waals surface area (Å²) in [6, 6.07) is 3.88. The number of nitrogens with two attached hydrogens (primary N) is 1. The molecular formula is C12H13BrClN3. The molecule has 17 heavy (non-hydrogen) atoms. The van der Waals surface area contributed by atoms with Gasteiger partial charge in [-0.25, -0.2) is 4.68 Å². The summed E-state index contributed by atoms with van der Waals surface area (Å²) in [6.45, 7) is 5.81. The molecule has 0 unspecified atom stereocenters. The molecule has 1 heterocycles. The fraction of sp³-hybridized carbons (Fsp3) is 0.250. The fourth-order valence-corrected chi connectivity index (χ4v) is 2.35. The van der Waals surface area contributed by atoms with Gasteiger partial charge in [0.1, 0.15) is 0 Å². The number of hydrogen-bond donors (Lipinski definition) is 1. The first kappa shape index (κ1) is 12.5. The van der Waals surface area contributed by atoms with Gasteiger partial charge in [-0.15, -0.1) is 0 Å². The Labute approximate surface area is 114 Å². The maximum atomic E-state index is 6.15. The van der Waals surface area contributed by atoms with E-state index in [4.69, 9.17) is 17.3 Å². The third-order valence-corrected chi connectivity index (χ3v) is 3.95. The maximum absolute atomic E-state index is 6.15. The van der Waals surface area contributed by atoms with Crippen molar-refractivity contribution in [2.24, 2.45) is 0 Å². The van der Waals surface area contributed by atoms with E-state index in [0.29, 0.717) is 5.02 Å². The molecular weight excluding hydrogens is 302 g/mol. The molecule has 2 N–H and O–H groups in total. The number of benzene rings is 1. The minimum Gasteiger partial charge on any atom is -0.398 e. The van der Waals surface area contributed by atoms with Gasteiger partial charge in [0.2, 0.25) is 0 Å². The molecule has 0 saturated carbocycles. The summed E-state index contributed by atoms with van der Waals surface area (Å²) < 4.78 is 2.73. The maximum Gasteiger partial charge on any atom is 0.0848 e. The second kappa shape index (κ2) is 4.35. The van der Waals surface area contributed by atoms with Crippen molar-refractivity contribution in [3.8, 4) is 5.69 Å². The largest absolute Gasteiger partial charge is 0.398 e. The van der Waals surface area contributed by atoms with Crippen LogP contribution >= 0.6 is 27.5 Å². The summed E-state index contributed by atoms with van der Waals surface area (Å²) in [5.74, 6) is 0. The van der Waals surface area contributed by atoms with Gasteiger partial charge in [0.05, 0.1) is 22.1 Å². The van der Waals surface area contributed by atoms with Crippen LogP contribution in [0.15, 0.2) is 16.6 Å². The van der Waals surface area contributed by atoms with Crippen molar-refractivity contribution in [2.75, 3.05) is 5.73 Å². The molecule has 0 fully saturated rings. The van der Waals surface area contributed by atoms with E-state index in [-0.39, 0.29) is 0 Å². The number of rotatable bonds is 1. The van der Waals surface area contributed by atoms with Gasteiger partial charge >= 0.3 is 0 Å². The highest BCUT2D eigenvalue weighted by molar-refractivity contribution is 9.10. The van der Waals surface area contributed by atoms with E-state index < -0.39 is 0 Å². The molecule has 5 heteroatoms. The first-order valence-electron chi connectivity index (χ1n) is 5.19. The normalized spacial score (nSPS) is 10.9. The lowest BCUT2D eigenvalue weighted by molar-refractivity contribution is 0.829. The van der Waals surface area contributed by atoms with Crippen LogP contribution in [0.4, 0.5) is 5.69 Å². The molecule has 1 aromatic carbocycles. The van der Waals surface area contributed by atoms with E-state index in [1.807, 2.05) is 37.6 Å². The zero-order valence-corrected chi connectivity index (χ0v) is 12.2. The Morgan fingerprint density at radius 1 is 1.29 bits per heavy atom. The molecule has 2 rings (SSSR count). The first-order valence-corrected chi connectivity index (χ1v) is 6.36. The predicted molar refractivity (Wildman–Crippen MR) is 74.9 cm³/mol. The quantitative estimate of drug-likeness (QED) is 0.814. The standard InChI is InChI=1S/C12H13BrClN3/c1-6-4-11(9(13)5-10(6)15)17-8(3)12(14)7(2)16-17/h4-5H,15H2,1-3H3. The van der Waals surface area contributed by atoms with Gasteiger partial charge in [-0.3, -0.25) is 0 Å². The molecule has 0 amide bonds. The Morgan fingerprint density at radius 2 is 1.94 bits per heavy atom. The lowest BCUT2D eigenvalue weighted by Gasteiger charge is -2.10. The highest BCUT2D eigenvalue weighted by Gasteiger charge is 2.13. The van der Waals surface area contributed by atoms with Crippen LogP contribution in [0.2, 0.25) is 5.02 Å². The summed E-state index contributed by atoms with van der Waals surface area (Å²) in [4.78, 5) is 0. The fourth-order valence-electron chi connectivity index (χ4n) is 1.70. The van der Waals surface area contributed by atoms with Gasteiger partial charge in [-0.1, -0.05) is 11.6 Å². The topological polar surface area (TPSA) is 43.8 Å². The Kier molecular flexibility index (Phi) is 3.19.